The van der Waals surface area contributed by atoms with E-state index in [1.165, 1.54) is 12.1 Å². The molecule has 1 heterocycles. The minimum absolute atomic E-state index is 0.0853. The molecule has 120 valence electrons. The molecular weight excluding hydrogens is 297 g/mol. The Morgan fingerprint density at radius 3 is 2.70 bits per heavy atom. The molecule has 0 aliphatic carbocycles. The lowest BCUT2D eigenvalue weighted by molar-refractivity contribution is -0.0229. The maximum Gasteiger partial charge on any atom is 0.257 e. The molecule has 1 aliphatic rings. The smallest absolute Gasteiger partial charge is 0.257 e. The van der Waals surface area contributed by atoms with Crippen LogP contribution in [0.1, 0.15) is 22.0 Å². The van der Waals surface area contributed by atoms with Crippen LogP contribution in [-0.2, 0) is 4.74 Å². The summed E-state index contributed by atoms with van der Waals surface area (Å²) in [4.78, 5) is 14.5. The molecule has 4 nitrogen and oxygen atoms in total. The Hall–Kier alpha value is -2.40. The van der Waals surface area contributed by atoms with Gasteiger partial charge in [0.05, 0.1) is 25.8 Å². The van der Waals surface area contributed by atoms with Gasteiger partial charge < -0.3 is 14.4 Å². The zero-order chi connectivity index (χ0) is 16.2. The fourth-order valence-corrected chi connectivity index (χ4v) is 2.70. The van der Waals surface area contributed by atoms with E-state index in [1.54, 1.807) is 36.3 Å². The lowest BCUT2D eigenvalue weighted by Gasteiger charge is -2.33. The molecule has 0 spiro atoms. The van der Waals surface area contributed by atoms with Crippen molar-refractivity contribution in [2.24, 2.45) is 0 Å². The monoisotopic (exact) mass is 315 g/mol. The zero-order valence-electron chi connectivity index (χ0n) is 12.9. The summed E-state index contributed by atoms with van der Waals surface area (Å²) in [5.41, 5.74) is 1.40. The van der Waals surface area contributed by atoms with Crippen molar-refractivity contribution >= 4 is 5.91 Å². The highest BCUT2D eigenvalue weighted by molar-refractivity contribution is 5.97. The number of ether oxygens (including phenoxy) is 2. The maximum atomic E-state index is 13.0. The van der Waals surface area contributed by atoms with Crippen molar-refractivity contribution < 1.29 is 18.7 Å². The molecule has 0 saturated carbocycles. The van der Waals surface area contributed by atoms with E-state index in [1.807, 2.05) is 12.1 Å². The SMILES string of the molecule is COc1ccccc1C(=O)N1CCOC(c2ccc(F)cc2)C1. The van der Waals surface area contributed by atoms with Crippen LogP contribution in [0.4, 0.5) is 4.39 Å². The van der Waals surface area contributed by atoms with Gasteiger partial charge in [0.25, 0.3) is 5.91 Å². The Balaban J connectivity index is 1.78. The highest BCUT2D eigenvalue weighted by Gasteiger charge is 2.27. The second-order valence-corrected chi connectivity index (χ2v) is 5.36. The van der Waals surface area contributed by atoms with Crippen molar-refractivity contribution in [3.8, 4) is 5.75 Å². The van der Waals surface area contributed by atoms with Crippen LogP contribution >= 0.6 is 0 Å². The van der Waals surface area contributed by atoms with Crippen molar-refractivity contribution in [2.75, 3.05) is 26.8 Å². The molecule has 1 fully saturated rings. The van der Waals surface area contributed by atoms with Gasteiger partial charge in [-0.3, -0.25) is 4.79 Å². The molecule has 0 radical (unpaired) electrons. The normalized spacial score (nSPS) is 17.8. The predicted molar refractivity (Wildman–Crippen MR) is 84.0 cm³/mol. The number of para-hydroxylation sites is 1. The molecule has 1 saturated heterocycles. The number of hydrogen-bond acceptors (Lipinski definition) is 3. The second kappa shape index (κ2) is 6.79. The minimum Gasteiger partial charge on any atom is -0.496 e. The van der Waals surface area contributed by atoms with Gasteiger partial charge >= 0.3 is 0 Å². The molecule has 23 heavy (non-hydrogen) atoms. The van der Waals surface area contributed by atoms with Crippen molar-refractivity contribution in [1.29, 1.82) is 0 Å². The van der Waals surface area contributed by atoms with Crippen LogP contribution in [0, 0.1) is 5.82 Å². The topological polar surface area (TPSA) is 38.8 Å². The van der Waals surface area contributed by atoms with Crippen LogP contribution in [0.15, 0.2) is 48.5 Å². The molecule has 2 aromatic carbocycles. The Kier molecular flexibility index (Phi) is 4.57. The van der Waals surface area contributed by atoms with Gasteiger partial charge in [-0.25, -0.2) is 4.39 Å². The van der Waals surface area contributed by atoms with E-state index < -0.39 is 0 Å². The van der Waals surface area contributed by atoms with Gasteiger partial charge in [-0.1, -0.05) is 24.3 Å². The number of carbonyl (C=O) groups is 1. The maximum absolute atomic E-state index is 13.0. The minimum atomic E-state index is -0.286. The van der Waals surface area contributed by atoms with E-state index in [9.17, 15) is 9.18 Å². The van der Waals surface area contributed by atoms with Crippen molar-refractivity contribution in [2.45, 2.75) is 6.10 Å². The summed E-state index contributed by atoms with van der Waals surface area (Å²) in [7, 11) is 1.55. The number of amides is 1. The van der Waals surface area contributed by atoms with Crippen LogP contribution in [0.3, 0.4) is 0 Å². The number of benzene rings is 2. The van der Waals surface area contributed by atoms with E-state index in [4.69, 9.17) is 9.47 Å². The number of hydrogen-bond donors (Lipinski definition) is 0. The molecule has 1 unspecified atom stereocenters. The molecule has 2 aromatic rings. The molecule has 1 atom stereocenters. The van der Waals surface area contributed by atoms with Gasteiger partial charge in [-0.2, -0.15) is 0 Å². The van der Waals surface area contributed by atoms with E-state index in [0.29, 0.717) is 31.0 Å². The molecule has 1 amide bonds. The van der Waals surface area contributed by atoms with Crippen LogP contribution < -0.4 is 4.74 Å². The lowest BCUT2D eigenvalue weighted by atomic mass is 10.1. The van der Waals surface area contributed by atoms with Crippen molar-refractivity contribution in [3.05, 3.63) is 65.5 Å². The Morgan fingerprint density at radius 1 is 1.22 bits per heavy atom. The second-order valence-electron chi connectivity index (χ2n) is 5.36. The molecule has 0 N–H and O–H groups in total. The largest absolute Gasteiger partial charge is 0.496 e. The fraction of sp³-hybridized carbons (Fsp3) is 0.278. The first-order valence-corrected chi connectivity index (χ1v) is 7.48. The highest BCUT2D eigenvalue weighted by atomic mass is 19.1. The number of carbonyl (C=O) groups excluding carboxylic acids is 1. The quantitative estimate of drug-likeness (QED) is 0.874. The molecule has 1 aliphatic heterocycles. The zero-order valence-corrected chi connectivity index (χ0v) is 12.9. The third kappa shape index (κ3) is 3.35. The first kappa shape index (κ1) is 15.5. The number of methoxy groups -OCH3 is 1. The Morgan fingerprint density at radius 2 is 1.96 bits per heavy atom. The Bertz CT molecular complexity index is 687. The number of morpholine rings is 1. The number of nitrogens with zero attached hydrogens (tertiary/aromatic N) is 1. The van der Waals surface area contributed by atoms with Crippen LogP contribution in [0.25, 0.3) is 0 Å². The fourth-order valence-electron chi connectivity index (χ4n) is 2.70. The van der Waals surface area contributed by atoms with Crippen LogP contribution in [0.2, 0.25) is 0 Å². The molecule has 0 aromatic heterocycles. The van der Waals surface area contributed by atoms with Gasteiger partial charge in [0, 0.05) is 6.54 Å². The van der Waals surface area contributed by atoms with Gasteiger partial charge in [0.2, 0.25) is 0 Å². The van der Waals surface area contributed by atoms with E-state index in [2.05, 4.69) is 0 Å². The molecular formula is C18H18FNO3. The van der Waals surface area contributed by atoms with E-state index in [0.717, 1.165) is 5.56 Å². The first-order chi connectivity index (χ1) is 11.2. The summed E-state index contributed by atoms with van der Waals surface area (Å²) in [6.45, 7) is 1.40. The summed E-state index contributed by atoms with van der Waals surface area (Å²) in [6, 6.07) is 13.4. The first-order valence-electron chi connectivity index (χ1n) is 7.48. The van der Waals surface area contributed by atoms with Crippen molar-refractivity contribution in [3.63, 3.8) is 0 Å². The summed E-state index contributed by atoms with van der Waals surface area (Å²) in [5.74, 6) is 0.187. The number of rotatable bonds is 3. The third-order valence-electron chi connectivity index (χ3n) is 3.93. The highest BCUT2D eigenvalue weighted by Crippen LogP contribution is 2.25. The van der Waals surface area contributed by atoms with E-state index >= 15 is 0 Å². The van der Waals surface area contributed by atoms with Gasteiger partial charge in [0.15, 0.2) is 0 Å². The standard InChI is InChI=1S/C18H18FNO3/c1-22-16-5-3-2-4-15(16)18(21)20-10-11-23-17(12-20)13-6-8-14(19)9-7-13/h2-9,17H,10-12H2,1H3. The molecule has 5 heteroatoms. The van der Waals surface area contributed by atoms with Gasteiger partial charge in [-0.15, -0.1) is 0 Å². The number of halogens is 1. The summed E-state index contributed by atoms with van der Waals surface area (Å²) in [5, 5.41) is 0. The van der Waals surface area contributed by atoms with Gasteiger partial charge in [0.1, 0.15) is 17.7 Å². The van der Waals surface area contributed by atoms with Crippen LogP contribution in [-0.4, -0.2) is 37.6 Å². The molecule has 3 rings (SSSR count). The summed E-state index contributed by atoms with van der Waals surface area (Å²) >= 11 is 0. The third-order valence-corrected chi connectivity index (χ3v) is 3.93. The summed E-state index contributed by atoms with van der Waals surface area (Å²) < 4.78 is 24.0. The van der Waals surface area contributed by atoms with Crippen LogP contribution in [0.5, 0.6) is 5.75 Å². The lowest BCUT2D eigenvalue weighted by Crippen LogP contribution is -2.42. The summed E-state index contributed by atoms with van der Waals surface area (Å²) in [6.07, 6.45) is -0.247. The van der Waals surface area contributed by atoms with Gasteiger partial charge in [-0.05, 0) is 29.8 Å². The van der Waals surface area contributed by atoms with Crippen molar-refractivity contribution in [1.82, 2.24) is 4.90 Å². The average Bonchev–Trinajstić information content (AvgIpc) is 2.62. The predicted octanol–water partition coefficient (Wildman–Crippen LogP) is 3.05. The Labute approximate surface area is 134 Å². The molecule has 0 bridgehead atoms. The van der Waals surface area contributed by atoms with E-state index in [-0.39, 0.29) is 17.8 Å². The average molecular weight is 315 g/mol.